The van der Waals surface area contributed by atoms with E-state index in [0.717, 1.165) is 23.1 Å². The second kappa shape index (κ2) is 7.38. The molecule has 1 atom stereocenters. The molecule has 6 nitrogen and oxygen atoms in total. The van der Waals surface area contributed by atoms with E-state index in [4.69, 9.17) is 11.6 Å². The predicted octanol–water partition coefficient (Wildman–Crippen LogP) is 4.46. The summed E-state index contributed by atoms with van der Waals surface area (Å²) >= 11 is 8.04. The highest BCUT2D eigenvalue weighted by Crippen LogP contribution is 2.39. The molecule has 0 radical (unpaired) electrons. The topological polar surface area (TPSA) is 96.4 Å². The van der Waals surface area contributed by atoms with Crippen molar-refractivity contribution in [2.75, 3.05) is 5.32 Å². The van der Waals surface area contributed by atoms with Gasteiger partial charge < -0.3 is 10.4 Å². The van der Waals surface area contributed by atoms with Crippen molar-refractivity contribution in [1.29, 1.82) is 0 Å². The summed E-state index contributed by atoms with van der Waals surface area (Å²) in [7, 11) is 0. The lowest BCUT2D eigenvalue weighted by molar-refractivity contribution is -0.114. The van der Waals surface area contributed by atoms with Crippen LogP contribution in [0.1, 0.15) is 20.7 Å². The molecule has 0 fully saturated rings. The first-order valence-electron chi connectivity index (χ1n) is 8.03. The molecule has 1 aliphatic rings. The van der Waals surface area contributed by atoms with E-state index in [-0.39, 0.29) is 16.3 Å². The number of amides is 1. The van der Waals surface area contributed by atoms with Gasteiger partial charge in [0, 0.05) is 22.2 Å². The Kier molecular flexibility index (Phi) is 4.92. The first-order valence-corrected chi connectivity index (χ1v) is 10.2. The van der Waals surface area contributed by atoms with Gasteiger partial charge in [0.1, 0.15) is 15.6 Å². The molecule has 1 aliphatic heterocycles. The van der Waals surface area contributed by atoms with E-state index >= 15 is 0 Å². The van der Waals surface area contributed by atoms with Crippen molar-refractivity contribution >= 4 is 57.4 Å². The van der Waals surface area contributed by atoms with Crippen molar-refractivity contribution in [1.82, 2.24) is 4.98 Å². The molecule has 1 unspecified atom stereocenters. The van der Waals surface area contributed by atoms with Crippen LogP contribution in [0.2, 0.25) is 5.02 Å². The Balaban J connectivity index is 1.62. The average Bonchev–Trinajstić information content (AvgIpc) is 3.24. The highest BCUT2D eigenvalue weighted by molar-refractivity contribution is 8.02. The number of carbonyl (C=O) groups excluding carboxylic acids is 2. The molecular weight excluding hydrogens is 420 g/mol. The maximum atomic E-state index is 12.7. The van der Waals surface area contributed by atoms with Crippen LogP contribution in [0.3, 0.4) is 0 Å². The third kappa shape index (κ3) is 3.30. The Bertz CT molecular complexity index is 1110. The summed E-state index contributed by atoms with van der Waals surface area (Å²) in [6.07, 6.45) is 1.56. The molecule has 0 saturated carbocycles. The number of ketones is 1. The van der Waals surface area contributed by atoms with E-state index in [1.54, 1.807) is 48.0 Å². The molecule has 28 heavy (non-hydrogen) atoms. The normalized spacial score (nSPS) is 15.3. The van der Waals surface area contributed by atoms with E-state index in [1.807, 2.05) is 0 Å². The van der Waals surface area contributed by atoms with Crippen molar-refractivity contribution in [3.63, 3.8) is 0 Å². The number of thiophene rings is 1. The minimum absolute atomic E-state index is 0.0215. The van der Waals surface area contributed by atoms with Gasteiger partial charge in [0.05, 0.1) is 5.56 Å². The van der Waals surface area contributed by atoms with E-state index in [9.17, 15) is 19.5 Å². The number of fused-ring (bicyclic) bond motifs is 1. The Morgan fingerprint density at radius 3 is 2.57 bits per heavy atom. The number of pyridine rings is 1. The van der Waals surface area contributed by atoms with Crippen LogP contribution in [0.4, 0.5) is 5.00 Å². The third-order valence-corrected chi connectivity index (χ3v) is 6.50. The SMILES string of the molecule is O=C(O)c1c(-c2ccc(Cl)cc2)csc1NC(=O)C1Sc2ncccc2C1=O. The number of hydrogen-bond acceptors (Lipinski definition) is 6. The Hall–Kier alpha value is -2.68. The lowest BCUT2D eigenvalue weighted by Gasteiger charge is -2.09. The number of benzene rings is 1. The second-order valence-electron chi connectivity index (χ2n) is 5.87. The Morgan fingerprint density at radius 2 is 1.89 bits per heavy atom. The summed E-state index contributed by atoms with van der Waals surface area (Å²) in [6.45, 7) is 0. The number of thioether (sulfide) groups is 1. The highest BCUT2D eigenvalue weighted by atomic mass is 35.5. The molecule has 4 rings (SSSR count). The monoisotopic (exact) mass is 430 g/mol. The van der Waals surface area contributed by atoms with E-state index < -0.39 is 17.1 Å². The van der Waals surface area contributed by atoms with Crippen LogP contribution >= 0.6 is 34.7 Å². The van der Waals surface area contributed by atoms with Gasteiger partial charge in [-0.1, -0.05) is 35.5 Å². The zero-order valence-corrected chi connectivity index (χ0v) is 16.4. The molecule has 3 aromatic rings. The molecule has 140 valence electrons. The van der Waals surface area contributed by atoms with Gasteiger partial charge in [-0.25, -0.2) is 9.78 Å². The number of halogens is 1. The van der Waals surface area contributed by atoms with E-state index in [1.165, 1.54) is 0 Å². The fourth-order valence-electron chi connectivity index (χ4n) is 2.83. The second-order valence-corrected chi connectivity index (χ2v) is 8.28. The van der Waals surface area contributed by atoms with Crippen LogP contribution in [-0.4, -0.2) is 33.0 Å². The standard InChI is InChI=1S/C19H11ClN2O4S2/c20-10-5-3-9(4-6-10)12-8-27-18(13(12)19(25)26)22-16(24)15-14(23)11-2-1-7-21-17(11)28-15/h1-8,15H,(H,22,24)(H,25,26). The summed E-state index contributed by atoms with van der Waals surface area (Å²) in [6, 6.07) is 10.0. The number of hydrogen-bond donors (Lipinski definition) is 2. The van der Waals surface area contributed by atoms with E-state index in [2.05, 4.69) is 10.3 Å². The van der Waals surface area contributed by atoms with Gasteiger partial charge in [-0.05, 0) is 29.8 Å². The van der Waals surface area contributed by atoms with Gasteiger partial charge in [-0.3, -0.25) is 9.59 Å². The lowest BCUT2D eigenvalue weighted by atomic mass is 10.0. The van der Waals surface area contributed by atoms with Gasteiger partial charge in [-0.2, -0.15) is 0 Å². The van der Waals surface area contributed by atoms with E-state index in [0.29, 0.717) is 26.7 Å². The number of aromatic carboxylic acids is 1. The molecule has 2 aromatic heterocycles. The number of Topliss-reactive ketones (excluding diaryl/α,β-unsaturated/α-hetero) is 1. The first kappa shape index (κ1) is 18.7. The van der Waals surface area contributed by atoms with Crippen LogP contribution in [-0.2, 0) is 4.79 Å². The average molecular weight is 431 g/mol. The molecule has 0 bridgehead atoms. The minimum Gasteiger partial charge on any atom is -0.478 e. The number of nitrogens with zero attached hydrogens (tertiary/aromatic N) is 1. The zero-order valence-electron chi connectivity index (χ0n) is 14.0. The third-order valence-electron chi connectivity index (χ3n) is 4.14. The van der Waals surface area contributed by atoms with Crippen LogP contribution < -0.4 is 5.32 Å². The van der Waals surface area contributed by atoms with Crippen molar-refractivity contribution in [3.8, 4) is 11.1 Å². The Labute approximate surface area is 172 Å². The molecular formula is C19H11ClN2O4S2. The predicted molar refractivity (Wildman–Crippen MR) is 109 cm³/mol. The van der Waals surface area contributed by atoms with Crippen LogP contribution in [0.15, 0.2) is 53.0 Å². The maximum absolute atomic E-state index is 12.7. The quantitative estimate of drug-likeness (QED) is 0.593. The molecule has 1 aromatic carbocycles. The maximum Gasteiger partial charge on any atom is 0.339 e. The number of anilines is 1. The number of carboxylic acid groups (broad SMARTS) is 1. The number of aromatic nitrogens is 1. The number of carboxylic acids is 1. The Morgan fingerprint density at radius 1 is 1.14 bits per heavy atom. The summed E-state index contributed by atoms with van der Waals surface area (Å²) in [5, 5.41) is 14.2. The number of carbonyl (C=O) groups is 3. The zero-order chi connectivity index (χ0) is 19.8. The van der Waals surface area contributed by atoms with Gasteiger partial charge in [0.25, 0.3) is 0 Å². The van der Waals surface area contributed by atoms with Crippen molar-refractivity contribution in [2.45, 2.75) is 10.3 Å². The van der Waals surface area contributed by atoms with Crippen molar-refractivity contribution in [3.05, 3.63) is 64.1 Å². The molecule has 2 N–H and O–H groups in total. The lowest BCUT2D eigenvalue weighted by Crippen LogP contribution is -2.29. The first-order chi connectivity index (χ1) is 13.5. The molecule has 3 heterocycles. The largest absolute Gasteiger partial charge is 0.478 e. The highest BCUT2D eigenvalue weighted by Gasteiger charge is 2.38. The summed E-state index contributed by atoms with van der Waals surface area (Å²) in [5.74, 6) is -2.08. The van der Waals surface area contributed by atoms with Gasteiger partial charge in [0.2, 0.25) is 5.91 Å². The minimum atomic E-state index is -1.17. The van der Waals surface area contributed by atoms with Crippen molar-refractivity contribution < 1.29 is 19.5 Å². The van der Waals surface area contributed by atoms with Crippen LogP contribution in [0.25, 0.3) is 11.1 Å². The number of nitrogens with one attached hydrogen (secondary N) is 1. The molecule has 0 spiro atoms. The van der Waals surface area contributed by atoms with Gasteiger partial charge >= 0.3 is 5.97 Å². The molecule has 0 saturated heterocycles. The summed E-state index contributed by atoms with van der Waals surface area (Å²) in [4.78, 5) is 41.1. The fraction of sp³-hybridized carbons (Fsp3) is 0.0526. The van der Waals surface area contributed by atoms with Gasteiger partial charge in [0.15, 0.2) is 11.0 Å². The fourth-order valence-corrected chi connectivity index (χ4v) is 4.96. The molecule has 0 aliphatic carbocycles. The van der Waals surface area contributed by atoms with Crippen LogP contribution in [0.5, 0.6) is 0 Å². The smallest absolute Gasteiger partial charge is 0.339 e. The summed E-state index contributed by atoms with van der Waals surface area (Å²) < 4.78 is 0. The number of rotatable bonds is 4. The molecule has 9 heteroatoms. The molecule has 1 amide bonds. The van der Waals surface area contributed by atoms with Crippen molar-refractivity contribution in [2.24, 2.45) is 0 Å². The van der Waals surface area contributed by atoms with Crippen LogP contribution in [0, 0.1) is 0 Å². The van der Waals surface area contributed by atoms with Gasteiger partial charge in [-0.15, -0.1) is 11.3 Å². The summed E-state index contributed by atoms with van der Waals surface area (Å²) in [5.41, 5.74) is 1.52.